The summed E-state index contributed by atoms with van der Waals surface area (Å²) in [5.74, 6) is -0.0449. The molecule has 0 unspecified atom stereocenters. The van der Waals surface area contributed by atoms with E-state index in [-0.39, 0.29) is 5.91 Å². The highest BCUT2D eigenvalue weighted by molar-refractivity contribution is 7.11. The maximum atomic E-state index is 11.6. The van der Waals surface area contributed by atoms with Gasteiger partial charge in [-0.05, 0) is 14.1 Å². The number of amides is 1. The lowest BCUT2D eigenvalue weighted by Crippen LogP contribution is -2.24. The van der Waals surface area contributed by atoms with Gasteiger partial charge in [0, 0.05) is 32.0 Å². The summed E-state index contributed by atoms with van der Waals surface area (Å²) in [6, 6.07) is 0. The number of likely N-dealkylation sites (N-methyl/N-ethyl adjacent to an activating group) is 1. The van der Waals surface area contributed by atoms with Crippen molar-refractivity contribution >= 4 is 17.2 Å². The van der Waals surface area contributed by atoms with Crippen LogP contribution in [0.4, 0.5) is 0 Å². The number of rotatable bonds is 6. The van der Waals surface area contributed by atoms with Crippen molar-refractivity contribution in [2.45, 2.75) is 19.4 Å². The molecule has 20 heavy (non-hydrogen) atoms. The van der Waals surface area contributed by atoms with Crippen LogP contribution in [0.25, 0.3) is 0 Å². The van der Waals surface area contributed by atoms with Gasteiger partial charge in [-0.15, -0.1) is 11.3 Å². The minimum Gasteiger partial charge on any atom is -0.375 e. The number of carbonyl (C=O) groups excluding carboxylic acids is 1. The van der Waals surface area contributed by atoms with E-state index in [1.54, 1.807) is 17.4 Å². The summed E-state index contributed by atoms with van der Waals surface area (Å²) in [5, 5.41) is 3.96. The molecule has 0 spiro atoms. The van der Waals surface area contributed by atoms with Crippen molar-refractivity contribution in [3.8, 4) is 0 Å². The van der Waals surface area contributed by atoms with Crippen LogP contribution in [0.1, 0.15) is 15.6 Å². The van der Waals surface area contributed by atoms with E-state index < -0.39 is 0 Å². The minimum absolute atomic E-state index is 0.0449. The van der Waals surface area contributed by atoms with Crippen molar-refractivity contribution in [1.82, 2.24) is 15.2 Å². The second-order valence-electron chi connectivity index (χ2n) is 4.99. The lowest BCUT2D eigenvalue weighted by molar-refractivity contribution is -0.116. The molecule has 5 nitrogen and oxygen atoms in total. The predicted molar refractivity (Wildman–Crippen MR) is 79.9 cm³/mol. The lowest BCUT2D eigenvalue weighted by atomic mass is 10.2. The van der Waals surface area contributed by atoms with E-state index in [4.69, 9.17) is 4.74 Å². The smallest absolute Gasteiger partial charge is 0.243 e. The second-order valence-corrected chi connectivity index (χ2v) is 6.15. The number of ether oxygens (including phenoxy) is 1. The van der Waals surface area contributed by atoms with Crippen molar-refractivity contribution in [2.75, 3.05) is 33.8 Å². The fraction of sp³-hybridized carbons (Fsp3) is 0.571. The topological polar surface area (TPSA) is 54.5 Å². The Morgan fingerprint density at radius 3 is 3.15 bits per heavy atom. The Kier molecular flexibility index (Phi) is 5.70. The number of thiazole rings is 1. The van der Waals surface area contributed by atoms with E-state index in [0.29, 0.717) is 13.2 Å². The van der Waals surface area contributed by atoms with Crippen LogP contribution in [0.15, 0.2) is 12.2 Å². The molecular weight excluding hydrogens is 274 g/mol. The Morgan fingerprint density at radius 1 is 1.55 bits per heavy atom. The van der Waals surface area contributed by atoms with Gasteiger partial charge < -0.3 is 15.0 Å². The Bertz CT molecular complexity index is 459. The van der Waals surface area contributed by atoms with Gasteiger partial charge in [0.25, 0.3) is 0 Å². The molecule has 0 aromatic carbocycles. The molecule has 1 aliphatic rings. The zero-order chi connectivity index (χ0) is 14.4. The molecule has 1 aliphatic heterocycles. The Labute approximate surface area is 123 Å². The molecule has 0 bridgehead atoms. The molecule has 1 amide bonds. The highest BCUT2D eigenvalue weighted by Gasteiger charge is 2.15. The number of nitrogens with zero attached hydrogens (tertiary/aromatic N) is 2. The van der Waals surface area contributed by atoms with Crippen LogP contribution in [-0.2, 0) is 29.0 Å². The largest absolute Gasteiger partial charge is 0.375 e. The van der Waals surface area contributed by atoms with Gasteiger partial charge >= 0.3 is 0 Å². The average molecular weight is 295 g/mol. The fourth-order valence-corrected chi connectivity index (χ4v) is 2.96. The summed E-state index contributed by atoms with van der Waals surface area (Å²) >= 11 is 1.70. The predicted octanol–water partition coefficient (Wildman–Crippen LogP) is 0.992. The summed E-state index contributed by atoms with van der Waals surface area (Å²) < 4.78 is 5.40. The minimum atomic E-state index is -0.0449. The number of aromatic nitrogens is 1. The number of hydrogen-bond acceptors (Lipinski definition) is 5. The molecule has 2 rings (SSSR count). The van der Waals surface area contributed by atoms with E-state index in [9.17, 15) is 4.79 Å². The third-order valence-electron chi connectivity index (χ3n) is 2.92. The first kappa shape index (κ1) is 15.2. The first-order chi connectivity index (χ1) is 9.65. The molecule has 0 saturated carbocycles. The molecule has 1 aromatic heterocycles. The standard InChI is InChI=1S/C14H21N3O2S/c1-17(2)8-3-4-13(18)15-7-5-14-16-11-6-9-19-10-12(11)20-14/h3-4H,5-10H2,1-2H3,(H,15,18)/b4-3+. The lowest BCUT2D eigenvalue weighted by Gasteiger charge is -2.08. The molecule has 0 aliphatic carbocycles. The third kappa shape index (κ3) is 4.70. The molecule has 1 N–H and O–H groups in total. The fourth-order valence-electron chi connectivity index (χ4n) is 1.91. The van der Waals surface area contributed by atoms with E-state index in [0.717, 1.165) is 31.0 Å². The van der Waals surface area contributed by atoms with E-state index >= 15 is 0 Å². The van der Waals surface area contributed by atoms with Gasteiger partial charge in [-0.2, -0.15) is 0 Å². The maximum absolute atomic E-state index is 11.6. The van der Waals surface area contributed by atoms with Crippen LogP contribution in [0, 0.1) is 0 Å². The molecule has 1 aromatic rings. The van der Waals surface area contributed by atoms with E-state index in [1.165, 1.54) is 10.6 Å². The van der Waals surface area contributed by atoms with Crippen molar-refractivity contribution in [1.29, 1.82) is 0 Å². The van der Waals surface area contributed by atoms with Crippen molar-refractivity contribution in [2.24, 2.45) is 0 Å². The van der Waals surface area contributed by atoms with Gasteiger partial charge in [-0.25, -0.2) is 4.98 Å². The van der Waals surface area contributed by atoms with Gasteiger partial charge in [0.15, 0.2) is 0 Å². The van der Waals surface area contributed by atoms with Gasteiger partial charge in [0.05, 0.1) is 28.8 Å². The summed E-state index contributed by atoms with van der Waals surface area (Å²) in [5.41, 5.74) is 1.17. The zero-order valence-corrected chi connectivity index (χ0v) is 12.8. The Hall–Kier alpha value is -1.24. The number of fused-ring (bicyclic) bond motifs is 1. The normalized spacial score (nSPS) is 14.8. The summed E-state index contributed by atoms with van der Waals surface area (Å²) in [6.07, 6.45) is 5.13. The highest BCUT2D eigenvalue weighted by Crippen LogP contribution is 2.23. The SMILES string of the molecule is CN(C)C/C=C/C(=O)NCCc1nc2c(s1)COCC2. The molecule has 0 saturated heterocycles. The molecule has 2 heterocycles. The summed E-state index contributed by atoms with van der Waals surface area (Å²) in [4.78, 5) is 19.4. The number of hydrogen-bond donors (Lipinski definition) is 1. The molecular formula is C14H21N3O2S. The molecule has 6 heteroatoms. The molecule has 0 radical (unpaired) electrons. The average Bonchev–Trinajstić information content (AvgIpc) is 2.80. The first-order valence-electron chi connectivity index (χ1n) is 6.79. The van der Waals surface area contributed by atoms with Gasteiger partial charge in [0.2, 0.25) is 5.91 Å². The van der Waals surface area contributed by atoms with Crippen LogP contribution >= 0.6 is 11.3 Å². The summed E-state index contributed by atoms with van der Waals surface area (Å²) in [6.45, 7) is 2.85. The molecule has 0 fully saturated rings. The quantitative estimate of drug-likeness (QED) is 0.795. The van der Waals surface area contributed by atoms with Gasteiger partial charge in [-0.3, -0.25) is 4.79 Å². The van der Waals surface area contributed by atoms with Crippen molar-refractivity contribution < 1.29 is 9.53 Å². The number of nitrogens with one attached hydrogen (secondary N) is 1. The second kappa shape index (κ2) is 7.52. The maximum Gasteiger partial charge on any atom is 0.243 e. The van der Waals surface area contributed by atoms with Crippen molar-refractivity contribution in [3.05, 3.63) is 27.7 Å². The summed E-state index contributed by atoms with van der Waals surface area (Å²) in [7, 11) is 3.94. The van der Waals surface area contributed by atoms with E-state index in [2.05, 4.69) is 10.3 Å². The van der Waals surface area contributed by atoms with E-state index in [1.807, 2.05) is 25.1 Å². The van der Waals surface area contributed by atoms with Crippen LogP contribution in [0.3, 0.4) is 0 Å². The third-order valence-corrected chi connectivity index (χ3v) is 4.05. The zero-order valence-electron chi connectivity index (χ0n) is 12.0. The van der Waals surface area contributed by atoms with Crippen molar-refractivity contribution in [3.63, 3.8) is 0 Å². The molecule has 0 atom stereocenters. The van der Waals surface area contributed by atoms with Gasteiger partial charge in [-0.1, -0.05) is 6.08 Å². The van der Waals surface area contributed by atoms with Crippen LogP contribution in [-0.4, -0.2) is 49.6 Å². The van der Waals surface area contributed by atoms with Crippen LogP contribution in [0.2, 0.25) is 0 Å². The van der Waals surface area contributed by atoms with Crippen LogP contribution < -0.4 is 5.32 Å². The monoisotopic (exact) mass is 295 g/mol. The van der Waals surface area contributed by atoms with Crippen LogP contribution in [0.5, 0.6) is 0 Å². The van der Waals surface area contributed by atoms with Gasteiger partial charge in [0.1, 0.15) is 0 Å². The first-order valence-corrected chi connectivity index (χ1v) is 7.61. The molecule has 110 valence electrons. The Morgan fingerprint density at radius 2 is 2.40 bits per heavy atom. The Balaban J connectivity index is 1.71. The highest BCUT2D eigenvalue weighted by atomic mass is 32.1. The number of carbonyl (C=O) groups is 1.